The van der Waals surface area contributed by atoms with Crippen molar-refractivity contribution < 1.29 is 0 Å². The first kappa shape index (κ1) is 24.2. The third kappa shape index (κ3) is 3.98. The smallest absolute Gasteiger partial charge is 0.149 e. The predicted molar refractivity (Wildman–Crippen MR) is 151 cm³/mol. The highest BCUT2D eigenvalue weighted by atomic mass is 15.5. The third-order valence-corrected chi connectivity index (χ3v) is 7.45. The summed E-state index contributed by atoms with van der Waals surface area (Å²) < 4.78 is 0. The van der Waals surface area contributed by atoms with Crippen LogP contribution in [0.25, 0.3) is 0 Å². The van der Waals surface area contributed by atoms with Gasteiger partial charge in [0.05, 0.1) is 34.2 Å². The molecule has 0 saturated heterocycles. The van der Waals surface area contributed by atoms with Crippen LogP contribution in [0.5, 0.6) is 0 Å². The van der Waals surface area contributed by atoms with Crippen molar-refractivity contribution in [2.75, 3.05) is 0 Å². The topological polar surface area (TPSA) is 73.5 Å². The molecule has 6 heteroatoms. The van der Waals surface area contributed by atoms with Gasteiger partial charge in [0, 0.05) is 12.2 Å². The number of allylic oxidation sites excluding steroid dienone is 9. The van der Waals surface area contributed by atoms with Crippen molar-refractivity contribution in [1.82, 2.24) is 10.9 Å². The number of hydrazine groups is 1. The van der Waals surface area contributed by atoms with Crippen molar-refractivity contribution in [3.8, 4) is 0 Å². The molecule has 5 heterocycles. The molecule has 0 aromatic heterocycles. The van der Waals surface area contributed by atoms with Gasteiger partial charge in [-0.25, -0.2) is 20.0 Å². The van der Waals surface area contributed by atoms with E-state index in [1.807, 2.05) is 12.2 Å². The van der Waals surface area contributed by atoms with Gasteiger partial charge < -0.3 is 0 Å². The number of fused-ring (bicyclic) bond motifs is 4. The van der Waals surface area contributed by atoms with E-state index in [4.69, 9.17) is 20.0 Å². The SMILES string of the molecule is CCC1=C(CC)C2=NC1=CC1=NC(=CC3=NC(=CC4=NC(=C2)NN4)C(CC)=C3CC)C(CC)=C1CC. The van der Waals surface area contributed by atoms with Crippen molar-refractivity contribution in [1.29, 1.82) is 0 Å². The zero-order valence-electron chi connectivity index (χ0n) is 22.3. The third-order valence-electron chi connectivity index (χ3n) is 7.45. The molecule has 0 radical (unpaired) electrons. The second kappa shape index (κ2) is 9.84. The summed E-state index contributed by atoms with van der Waals surface area (Å²) in [5.74, 6) is 1.52. The van der Waals surface area contributed by atoms with Crippen LogP contribution in [0.3, 0.4) is 0 Å². The molecule has 5 rings (SSSR count). The zero-order chi connectivity index (χ0) is 25.4. The second-order valence-corrected chi connectivity index (χ2v) is 9.35. The summed E-state index contributed by atoms with van der Waals surface area (Å²) in [6.07, 6.45) is 14.1. The predicted octanol–water partition coefficient (Wildman–Crippen LogP) is 6.71. The van der Waals surface area contributed by atoms with Crippen LogP contribution < -0.4 is 10.9 Å². The van der Waals surface area contributed by atoms with E-state index in [2.05, 4.69) is 64.5 Å². The Balaban J connectivity index is 1.78. The standard InChI is InChI=1S/C30H36N6/c1-7-17-18(8-2)24-14-26-20(10-4)22(12-6)28(33-26)16-30-34-29(35-36-30)15-27-21(11-5)19(9-3)25(32-27)13-23(17)31-24/h13-16H,7-12H2,1-6H3,(H2,34,35,36). The Morgan fingerprint density at radius 2 is 0.833 bits per heavy atom. The summed E-state index contributed by atoms with van der Waals surface area (Å²) in [4.78, 5) is 20.2. The maximum atomic E-state index is 5.19. The van der Waals surface area contributed by atoms with Crippen molar-refractivity contribution in [2.24, 2.45) is 20.0 Å². The Labute approximate surface area is 214 Å². The van der Waals surface area contributed by atoms with Gasteiger partial charge in [0.15, 0.2) is 0 Å². The molecule has 6 nitrogen and oxygen atoms in total. The van der Waals surface area contributed by atoms with Crippen LogP contribution >= 0.6 is 0 Å². The van der Waals surface area contributed by atoms with E-state index in [-0.39, 0.29) is 0 Å². The minimum Gasteiger partial charge on any atom is -0.283 e. The highest BCUT2D eigenvalue weighted by molar-refractivity contribution is 6.18. The maximum absolute atomic E-state index is 5.19. The molecule has 0 unspecified atom stereocenters. The van der Waals surface area contributed by atoms with Crippen LogP contribution in [0.15, 0.2) is 101 Å². The van der Waals surface area contributed by atoms with Gasteiger partial charge in [0.1, 0.15) is 11.7 Å². The van der Waals surface area contributed by atoms with E-state index in [1.54, 1.807) is 0 Å². The first-order valence-electron chi connectivity index (χ1n) is 13.5. The Morgan fingerprint density at radius 1 is 0.444 bits per heavy atom. The largest absolute Gasteiger partial charge is 0.283 e. The highest BCUT2D eigenvalue weighted by Crippen LogP contribution is 2.37. The number of nitrogens with one attached hydrogen (secondary N) is 2. The van der Waals surface area contributed by atoms with Crippen LogP contribution in [0.4, 0.5) is 0 Å². The molecule has 0 aromatic carbocycles. The average molecular weight is 481 g/mol. The molecular weight excluding hydrogens is 444 g/mol. The molecule has 5 aliphatic rings. The lowest BCUT2D eigenvalue weighted by Crippen LogP contribution is -2.28. The lowest BCUT2D eigenvalue weighted by Gasteiger charge is -2.07. The Morgan fingerprint density at radius 3 is 1.25 bits per heavy atom. The molecule has 0 saturated carbocycles. The van der Waals surface area contributed by atoms with Crippen molar-refractivity contribution in [2.45, 2.75) is 80.1 Å². The lowest BCUT2D eigenvalue weighted by atomic mass is 9.95. The van der Waals surface area contributed by atoms with E-state index < -0.39 is 0 Å². The van der Waals surface area contributed by atoms with Gasteiger partial charge in [-0.1, -0.05) is 41.5 Å². The van der Waals surface area contributed by atoms with E-state index in [0.29, 0.717) is 0 Å². The Bertz CT molecular complexity index is 1360. The molecule has 8 bridgehead atoms. The normalized spacial score (nSPS) is 20.9. The summed E-state index contributed by atoms with van der Waals surface area (Å²) in [7, 11) is 0. The van der Waals surface area contributed by atoms with Crippen LogP contribution in [-0.2, 0) is 0 Å². The monoisotopic (exact) mass is 480 g/mol. The molecule has 2 N–H and O–H groups in total. The van der Waals surface area contributed by atoms with Crippen LogP contribution in [-0.4, -0.2) is 23.0 Å². The fourth-order valence-electron chi connectivity index (χ4n) is 5.77. The quantitative estimate of drug-likeness (QED) is 0.443. The number of amidine groups is 1. The molecule has 0 aliphatic carbocycles. The number of hydrogen-bond donors (Lipinski definition) is 2. The van der Waals surface area contributed by atoms with Gasteiger partial charge in [0.2, 0.25) is 0 Å². The Kier molecular flexibility index (Phi) is 6.61. The van der Waals surface area contributed by atoms with E-state index in [9.17, 15) is 0 Å². The molecule has 36 heavy (non-hydrogen) atoms. The fourth-order valence-corrected chi connectivity index (χ4v) is 5.77. The molecule has 0 fully saturated rings. The first-order chi connectivity index (χ1) is 17.5. The molecule has 0 spiro atoms. The summed E-state index contributed by atoms with van der Waals surface area (Å²) >= 11 is 0. The minimum atomic E-state index is 0.762. The van der Waals surface area contributed by atoms with Crippen LogP contribution in [0, 0.1) is 0 Å². The van der Waals surface area contributed by atoms with Gasteiger partial charge in [-0.2, -0.15) is 0 Å². The van der Waals surface area contributed by atoms with E-state index >= 15 is 0 Å². The highest BCUT2D eigenvalue weighted by Gasteiger charge is 2.28. The maximum Gasteiger partial charge on any atom is 0.149 e. The number of nitrogens with zero attached hydrogens (tertiary/aromatic N) is 4. The van der Waals surface area contributed by atoms with Crippen LogP contribution in [0.2, 0.25) is 0 Å². The van der Waals surface area contributed by atoms with Gasteiger partial charge in [-0.15, -0.1) is 0 Å². The van der Waals surface area contributed by atoms with Crippen molar-refractivity contribution in [3.63, 3.8) is 0 Å². The molecule has 0 atom stereocenters. The van der Waals surface area contributed by atoms with Gasteiger partial charge in [-0.05, 0) is 84.1 Å². The molecule has 0 amide bonds. The lowest BCUT2D eigenvalue weighted by molar-refractivity contribution is 0.811. The van der Waals surface area contributed by atoms with Gasteiger partial charge in [-0.3, -0.25) is 10.9 Å². The second-order valence-electron chi connectivity index (χ2n) is 9.35. The fraction of sp³-hybridized carbons (Fsp3) is 0.400. The number of hydrogen-bond acceptors (Lipinski definition) is 6. The van der Waals surface area contributed by atoms with Gasteiger partial charge >= 0.3 is 0 Å². The van der Waals surface area contributed by atoms with E-state index in [1.165, 1.54) is 33.4 Å². The molecule has 186 valence electrons. The molecular formula is C30H36N6. The summed E-state index contributed by atoms with van der Waals surface area (Å²) in [6, 6.07) is 0. The average Bonchev–Trinajstić information content (AvgIpc) is 3.62. The first-order valence-corrected chi connectivity index (χ1v) is 13.5. The van der Waals surface area contributed by atoms with Crippen LogP contribution in [0.1, 0.15) is 80.1 Å². The zero-order valence-corrected chi connectivity index (χ0v) is 22.3. The molecule has 0 aromatic rings. The summed E-state index contributed by atoms with van der Waals surface area (Å²) in [6.45, 7) is 13.3. The van der Waals surface area contributed by atoms with E-state index in [0.717, 1.165) is 84.4 Å². The number of rotatable bonds is 6. The van der Waals surface area contributed by atoms with Gasteiger partial charge in [0.25, 0.3) is 0 Å². The van der Waals surface area contributed by atoms with Crippen molar-refractivity contribution >= 4 is 23.0 Å². The summed E-state index contributed by atoms with van der Waals surface area (Å²) in [5.41, 5.74) is 20.3. The van der Waals surface area contributed by atoms with Crippen molar-refractivity contribution in [3.05, 3.63) is 80.7 Å². The number of aliphatic imine (C=N–C) groups is 4. The summed E-state index contributed by atoms with van der Waals surface area (Å²) in [5, 5.41) is 0. The minimum absolute atomic E-state index is 0.762. The Hall–Kier alpha value is -3.54. The molecule has 5 aliphatic heterocycles.